The first-order valence-electron chi connectivity index (χ1n) is 11.3. The van der Waals surface area contributed by atoms with Crippen molar-refractivity contribution in [2.45, 2.75) is 5.16 Å². The van der Waals surface area contributed by atoms with Crippen molar-refractivity contribution in [3.05, 3.63) is 95.8 Å². The second kappa shape index (κ2) is 11.2. The molecule has 0 aliphatic rings. The van der Waals surface area contributed by atoms with Gasteiger partial charge in [0.2, 0.25) is 0 Å². The molecule has 0 bridgehead atoms. The summed E-state index contributed by atoms with van der Waals surface area (Å²) < 4.78 is 7.36. The molecule has 3 aromatic carbocycles. The van der Waals surface area contributed by atoms with Crippen LogP contribution in [0.1, 0.15) is 5.56 Å². The third-order valence-corrected chi connectivity index (χ3v) is 6.70. The van der Waals surface area contributed by atoms with Crippen LogP contribution >= 0.6 is 23.4 Å². The zero-order chi connectivity index (χ0) is 25.6. The number of halogens is 1. The van der Waals surface area contributed by atoms with E-state index in [1.54, 1.807) is 37.9 Å². The van der Waals surface area contributed by atoms with Gasteiger partial charge < -0.3 is 4.74 Å². The highest BCUT2D eigenvalue weighted by molar-refractivity contribution is 7.99. The van der Waals surface area contributed by atoms with Crippen LogP contribution in [0.3, 0.4) is 0 Å². The molecular formula is C27H21ClN6O2S. The highest BCUT2D eigenvalue weighted by atomic mass is 35.5. The fourth-order valence-electron chi connectivity index (χ4n) is 3.79. The molecule has 5 aromatic rings. The molecule has 2 aromatic heterocycles. The molecule has 8 nitrogen and oxygen atoms in total. The minimum Gasteiger partial charge on any atom is -0.496 e. The number of ether oxygens (including phenoxy) is 1. The molecule has 0 saturated carbocycles. The lowest BCUT2D eigenvalue weighted by Crippen LogP contribution is -2.20. The van der Waals surface area contributed by atoms with Crippen LogP contribution < -0.4 is 10.2 Å². The number of hydrogen-bond acceptors (Lipinski definition) is 7. The third-order valence-electron chi connectivity index (χ3n) is 5.52. The molecule has 0 spiro atoms. The summed E-state index contributed by atoms with van der Waals surface area (Å²) in [5, 5.41) is 16.1. The molecule has 0 saturated heterocycles. The maximum absolute atomic E-state index is 12.6. The van der Waals surface area contributed by atoms with Gasteiger partial charge in [-0.15, -0.1) is 10.2 Å². The number of thioether (sulfide) groups is 1. The van der Waals surface area contributed by atoms with Gasteiger partial charge in [-0.05, 0) is 53.2 Å². The first-order chi connectivity index (χ1) is 18.1. The average Bonchev–Trinajstić information content (AvgIpc) is 3.37. The van der Waals surface area contributed by atoms with Gasteiger partial charge in [0, 0.05) is 34.2 Å². The minimum atomic E-state index is -0.281. The molecule has 184 valence electrons. The molecule has 0 aliphatic carbocycles. The molecule has 1 N–H and O–H groups in total. The monoisotopic (exact) mass is 528 g/mol. The lowest BCUT2D eigenvalue weighted by molar-refractivity contribution is -0.118. The number of carbonyl (C=O) groups excluding carboxylic acids is 1. The first kappa shape index (κ1) is 24.5. The molecule has 5 rings (SSSR count). The van der Waals surface area contributed by atoms with Crippen molar-refractivity contribution in [1.29, 1.82) is 0 Å². The number of aromatic nitrogens is 4. The number of amides is 1. The summed E-state index contributed by atoms with van der Waals surface area (Å²) in [6.07, 6.45) is 4.99. The smallest absolute Gasteiger partial charge is 0.250 e. The van der Waals surface area contributed by atoms with Gasteiger partial charge in [-0.25, -0.2) is 5.43 Å². The standard InChI is InChI=1S/C27H21ClN6O2S/c1-36-24-11-6-18-4-2-3-5-22(18)23(24)16-30-31-25(35)17-37-27-33-32-26(19-12-14-29-15-13-19)34(27)21-9-7-20(28)8-10-21/h2-16H,17H2,1H3,(H,31,35)/b30-16-. The van der Waals surface area contributed by atoms with Gasteiger partial charge in [-0.3, -0.25) is 14.3 Å². The van der Waals surface area contributed by atoms with E-state index in [-0.39, 0.29) is 11.7 Å². The molecule has 0 radical (unpaired) electrons. The van der Waals surface area contributed by atoms with Crippen LogP contribution in [0.5, 0.6) is 5.75 Å². The normalized spacial score (nSPS) is 11.2. The number of hydrazone groups is 1. The molecule has 0 atom stereocenters. The van der Waals surface area contributed by atoms with E-state index in [1.165, 1.54) is 11.8 Å². The molecular weight excluding hydrogens is 508 g/mol. The van der Waals surface area contributed by atoms with Gasteiger partial charge in [-0.1, -0.05) is 53.7 Å². The van der Waals surface area contributed by atoms with Gasteiger partial charge in [0.05, 0.1) is 19.1 Å². The highest BCUT2D eigenvalue weighted by Gasteiger charge is 2.17. The Kier molecular flexibility index (Phi) is 7.43. The Balaban J connectivity index is 1.33. The third kappa shape index (κ3) is 5.47. The van der Waals surface area contributed by atoms with Crippen molar-refractivity contribution in [2.75, 3.05) is 12.9 Å². The molecule has 10 heteroatoms. The van der Waals surface area contributed by atoms with E-state index < -0.39 is 0 Å². The maximum Gasteiger partial charge on any atom is 0.250 e. The molecule has 2 heterocycles. The summed E-state index contributed by atoms with van der Waals surface area (Å²) in [5.74, 6) is 1.11. The zero-order valence-electron chi connectivity index (χ0n) is 19.7. The average molecular weight is 529 g/mol. The Hall–Kier alpha value is -4.21. The highest BCUT2D eigenvalue weighted by Crippen LogP contribution is 2.29. The van der Waals surface area contributed by atoms with Gasteiger partial charge in [-0.2, -0.15) is 5.10 Å². The van der Waals surface area contributed by atoms with Crippen molar-refractivity contribution in [1.82, 2.24) is 25.2 Å². The number of nitrogens with one attached hydrogen (secondary N) is 1. The predicted octanol–water partition coefficient (Wildman–Crippen LogP) is 5.39. The second-order valence-corrected chi connectivity index (χ2v) is 9.22. The van der Waals surface area contributed by atoms with Crippen LogP contribution in [0.2, 0.25) is 5.02 Å². The second-order valence-electron chi connectivity index (χ2n) is 7.84. The van der Waals surface area contributed by atoms with E-state index in [1.807, 2.05) is 65.2 Å². The van der Waals surface area contributed by atoms with E-state index >= 15 is 0 Å². The predicted molar refractivity (Wildman–Crippen MR) is 147 cm³/mol. The zero-order valence-corrected chi connectivity index (χ0v) is 21.3. The molecule has 1 amide bonds. The van der Waals surface area contributed by atoms with E-state index in [4.69, 9.17) is 16.3 Å². The Morgan fingerprint density at radius 3 is 2.62 bits per heavy atom. The first-order valence-corrected chi connectivity index (χ1v) is 12.6. The van der Waals surface area contributed by atoms with Crippen LogP contribution in [0.4, 0.5) is 0 Å². The SMILES string of the molecule is COc1ccc2ccccc2c1/C=N\NC(=O)CSc1nnc(-c2ccncc2)n1-c1ccc(Cl)cc1. The van der Waals surface area contributed by atoms with Gasteiger partial charge >= 0.3 is 0 Å². The van der Waals surface area contributed by atoms with Crippen molar-refractivity contribution in [2.24, 2.45) is 5.10 Å². The maximum atomic E-state index is 12.6. The van der Waals surface area contributed by atoms with Crippen molar-refractivity contribution >= 4 is 46.3 Å². The van der Waals surface area contributed by atoms with Crippen molar-refractivity contribution in [3.63, 3.8) is 0 Å². The summed E-state index contributed by atoms with van der Waals surface area (Å²) >= 11 is 7.34. The molecule has 37 heavy (non-hydrogen) atoms. The summed E-state index contributed by atoms with van der Waals surface area (Å²) in [4.78, 5) is 16.7. The summed E-state index contributed by atoms with van der Waals surface area (Å²) in [7, 11) is 1.60. The largest absolute Gasteiger partial charge is 0.496 e. The number of carbonyl (C=O) groups is 1. The van der Waals surface area contributed by atoms with Crippen LogP contribution in [0, 0.1) is 0 Å². The van der Waals surface area contributed by atoms with Crippen LogP contribution in [0.25, 0.3) is 27.8 Å². The lowest BCUT2D eigenvalue weighted by atomic mass is 10.0. The number of nitrogens with zero attached hydrogens (tertiary/aromatic N) is 5. The van der Waals surface area contributed by atoms with Crippen LogP contribution in [0.15, 0.2) is 95.4 Å². The van der Waals surface area contributed by atoms with E-state index in [9.17, 15) is 4.79 Å². The Morgan fingerprint density at radius 1 is 1.05 bits per heavy atom. The van der Waals surface area contributed by atoms with Crippen molar-refractivity contribution < 1.29 is 9.53 Å². The summed E-state index contributed by atoms with van der Waals surface area (Å²) in [5.41, 5.74) is 5.06. The fraction of sp³-hybridized carbons (Fsp3) is 0.0741. The van der Waals surface area contributed by atoms with Gasteiger partial charge in [0.25, 0.3) is 5.91 Å². The molecule has 0 aliphatic heterocycles. The topological polar surface area (TPSA) is 94.3 Å². The summed E-state index contributed by atoms with van der Waals surface area (Å²) in [6, 6.07) is 22.8. The summed E-state index contributed by atoms with van der Waals surface area (Å²) in [6.45, 7) is 0. The minimum absolute atomic E-state index is 0.0894. The fourth-order valence-corrected chi connectivity index (χ4v) is 4.66. The number of pyridine rings is 1. The number of fused-ring (bicyclic) bond motifs is 1. The Bertz CT molecular complexity index is 1570. The quantitative estimate of drug-likeness (QED) is 0.165. The lowest BCUT2D eigenvalue weighted by Gasteiger charge is -2.10. The molecule has 0 unspecified atom stereocenters. The number of hydrogen-bond donors (Lipinski definition) is 1. The van der Waals surface area contributed by atoms with E-state index in [2.05, 4.69) is 25.7 Å². The van der Waals surface area contributed by atoms with Crippen LogP contribution in [-0.2, 0) is 4.79 Å². The molecule has 0 fully saturated rings. The number of methoxy groups -OCH3 is 1. The van der Waals surface area contributed by atoms with Crippen molar-refractivity contribution in [3.8, 4) is 22.8 Å². The van der Waals surface area contributed by atoms with Gasteiger partial charge in [0.1, 0.15) is 5.75 Å². The Labute approximate surface area is 222 Å². The number of rotatable bonds is 8. The van der Waals surface area contributed by atoms with Crippen LogP contribution in [-0.4, -0.2) is 44.7 Å². The van der Waals surface area contributed by atoms with Gasteiger partial charge in [0.15, 0.2) is 11.0 Å². The Morgan fingerprint density at radius 2 is 1.84 bits per heavy atom. The number of benzene rings is 3. The van der Waals surface area contributed by atoms with E-state index in [0.717, 1.165) is 27.6 Å². The van der Waals surface area contributed by atoms with E-state index in [0.29, 0.717) is 21.8 Å².